The Hall–Kier alpha value is -4.67. The number of hydrogen-bond acceptors (Lipinski definition) is 8. The van der Waals surface area contributed by atoms with E-state index in [1.54, 1.807) is 24.3 Å². The van der Waals surface area contributed by atoms with Crippen molar-refractivity contribution in [1.29, 1.82) is 5.26 Å². The third kappa shape index (κ3) is 5.36. The summed E-state index contributed by atoms with van der Waals surface area (Å²) in [6, 6.07) is 10.1. The highest BCUT2D eigenvalue weighted by molar-refractivity contribution is 5.97. The summed E-state index contributed by atoms with van der Waals surface area (Å²) in [7, 11) is 0. The summed E-state index contributed by atoms with van der Waals surface area (Å²) >= 11 is 0. The molecule has 2 heterocycles. The van der Waals surface area contributed by atoms with Crippen LogP contribution in [-0.4, -0.2) is 64.3 Å². The number of H-pyrrole nitrogens is 1. The van der Waals surface area contributed by atoms with Crippen LogP contribution in [0.1, 0.15) is 31.8 Å². The van der Waals surface area contributed by atoms with Crippen molar-refractivity contribution in [3.8, 4) is 6.07 Å². The molecule has 0 radical (unpaired) electrons. The maximum absolute atomic E-state index is 12.5. The monoisotopic (exact) mass is 528 g/mol. The number of aromatic nitrogens is 3. The van der Waals surface area contributed by atoms with E-state index in [0.717, 1.165) is 12.1 Å². The van der Waals surface area contributed by atoms with Crippen LogP contribution >= 0.6 is 0 Å². The molecule has 3 aromatic rings. The molecule has 2 fully saturated rings. The third-order valence-corrected chi connectivity index (χ3v) is 6.63. The number of fused-ring (bicyclic) bond motifs is 2. The lowest BCUT2D eigenvalue weighted by Crippen LogP contribution is -2.34. The molecule has 14 heteroatoms. The summed E-state index contributed by atoms with van der Waals surface area (Å²) in [5.74, 6) is -1.24. The predicted molar refractivity (Wildman–Crippen MR) is 121 cm³/mol. The van der Waals surface area contributed by atoms with Crippen LogP contribution in [0.15, 0.2) is 36.4 Å². The fourth-order valence-electron chi connectivity index (χ4n) is 4.75. The van der Waals surface area contributed by atoms with Crippen LogP contribution in [0.5, 0.6) is 0 Å². The number of carbonyl (C=O) groups is 3. The van der Waals surface area contributed by atoms with Crippen molar-refractivity contribution in [2.75, 3.05) is 19.6 Å². The van der Waals surface area contributed by atoms with Gasteiger partial charge in [0.2, 0.25) is 0 Å². The van der Waals surface area contributed by atoms with Crippen LogP contribution in [0, 0.1) is 29.1 Å². The highest BCUT2D eigenvalue weighted by atomic mass is 19.4. The number of hydrogen-bond donors (Lipinski definition) is 2. The standard InChI is InChI=1S/C24H19F3N6O5/c25-24(26,27)38-22(35)15-4-12(7-28)3-13(5-15)11-37-23(36)33-9-17-16(18(17)10-33)8-29-21(34)14-1-2-19-20(6-14)31-32-30-19/h1-6,16-18H,8-11H2,(H,29,34)(H,30,31,32)/t16?,17-,18+. The lowest BCUT2D eigenvalue weighted by atomic mass is 10.1. The summed E-state index contributed by atoms with van der Waals surface area (Å²) < 4.78 is 45.7. The lowest BCUT2D eigenvalue weighted by molar-refractivity contribution is -0.291. The van der Waals surface area contributed by atoms with Crippen molar-refractivity contribution < 1.29 is 37.0 Å². The zero-order valence-electron chi connectivity index (χ0n) is 19.5. The minimum atomic E-state index is -5.17. The van der Waals surface area contributed by atoms with Gasteiger partial charge >= 0.3 is 18.4 Å². The highest BCUT2D eigenvalue weighted by Crippen LogP contribution is 2.51. The van der Waals surface area contributed by atoms with E-state index in [-0.39, 0.29) is 41.4 Å². The number of rotatable bonds is 6. The van der Waals surface area contributed by atoms with Gasteiger partial charge in [-0.25, -0.2) is 9.59 Å². The molecule has 5 rings (SSSR count). The molecule has 1 aliphatic heterocycles. The fourth-order valence-corrected chi connectivity index (χ4v) is 4.75. The molecule has 1 unspecified atom stereocenters. The number of nitrogens with zero attached hydrogens (tertiary/aromatic N) is 4. The van der Waals surface area contributed by atoms with Crippen molar-refractivity contribution in [3.05, 3.63) is 58.7 Å². The SMILES string of the molecule is N#Cc1cc(COC(=O)N2C[C@@H]3C(CNC(=O)c4ccc5n[nH]nc5c4)[C@@H]3C2)cc(C(=O)OC(F)(F)F)c1. The summed E-state index contributed by atoms with van der Waals surface area (Å²) in [5, 5.41) is 22.4. The average molecular weight is 528 g/mol. The van der Waals surface area contributed by atoms with E-state index >= 15 is 0 Å². The number of piperidine rings is 1. The number of nitrogens with one attached hydrogen (secondary N) is 2. The summed E-state index contributed by atoms with van der Waals surface area (Å²) in [6.07, 6.45) is -5.79. The van der Waals surface area contributed by atoms with Gasteiger partial charge in [-0.15, -0.1) is 13.2 Å². The average Bonchev–Trinajstić information content (AvgIpc) is 3.21. The van der Waals surface area contributed by atoms with Gasteiger partial charge in [-0.3, -0.25) is 4.79 Å². The number of aromatic amines is 1. The number of likely N-dealkylation sites (tertiary alicyclic amines) is 1. The zero-order valence-corrected chi connectivity index (χ0v) is 19.5. The Morgan fingerprint density at radius 2 is 1.82 bits per heavy atom. The quantitative estimate of drug-likeness (QED) is 0.464. The number of esters is 1. The van der Waals surface area contributed by atoms with Gasteiger partial charge in [0.15, 0.2) is 0 Å². The molecule has 0 bridgehead atoms. The second-order valence-corrected chi connectivity index (χ2v) is 9.05. The highest BCUT2D eigenvalue weighted by Gasteiger charge is 2.56. The molecule has 3 atom stereocenters. The first kappa shape index (κ1) is 25.0. The van der Waals surface area contributed by atoms with Crippen molar-refractivity contribution in [3.63, 3.8) is 0 Å². The molecule has 1 saturated heterocycles. The molecule has 38 heavy (non-hydrogen) atoms. The minimum Gasteiger partial charge on any atom is -0.445 e. The van der Waals surface area contributed by atoms with E-state index in [2.05, 4.69) is 25.5 Å². The normalized spacial score (nSPS) is 19.9. The molecule has 2 aliphatic rings. The van der Waals surface area contributed by atoms with Crippen LogP contribution in [0.25, 0.3) is 11.0 Å². The molecule has 1 aromatic heterocycles. The van der Waals surface area contributed by atoms with Crippen molar-refractivity contribution in [2.24, 2.45) is 17.8 Å². The van der Waals surface area contributed by atoms with Gasteiger partial charge in [-0.2, -0.15) is 20.7 Å². The Morgan fingerprint density at radius 1 is 1.08 bits per heavy atom. The molecule has 11 nitrogen and oxygen atoms in total. The fraction of sp³-hybridized carbons (Fsp3) is 0.333. The Morgan fingerprint density at radius 3 is 2.53 bits per heavy atom. The molecule has 0 spiro atoms. The molecule has 2 amide bonds. The number of amides is 2. The lowest BCUT2D eigenvalue weighted by Gasteiger charge is -2.20. The van der Waals surface area contributed by atoms with Gasteiger partial charge in [0.25, 0.3) is 5.91 Å². The van der Waals surface area contributed by atoms with Crippen LogP contribution in [-0.2, 0) is 16.1 Å². The third-order valence-electron chi connectivity index (χ3n) is 6.63. The molecule has 1 saturated carbocycles. The summed E-state index contributed by atoms with van der Waals surface area (Å²) in [6.45, 7) is 1.00. The molecule has 2 aromatic carbocycles. The smallest absolute Gasteiger partial charge is 0.445 e. The number of nitriles is 1. The number of carbonyl (C=O) groups excluding carboxylic acids is 3. The van der Waals surface area contributed by atoms with Crippen LogP contribution in [0.3, 0.4) is 0 Å². The van der Waals surface area contributed by atoms with Gasteiger partial charge in [0.05, 0.1) is 17.2 Å². The topological polar surface area (TPSA) is 150 Å². The van der Waals surface area contributed by atoms with Crippen LogP contribution in [0.2, 0.25) is 0 Å². The van der Waals surface area contributed by atoms with Gasteiger partial charge in [0, 0.05) is 25.2 Å². The first-order valence-electron chi connectivity index (χ1n) is 11.5. The van der Waals surface area contributed by atoms with E-state index in [1.165, 1.54) is 11.0 Å². The second kappa shape index (κ2) is 9.66. The van der Waals surface area contributed by atoms with Gasteiger partial charge in [-0.1, -0.05) is 0 Å². The molecular formula is C24H19F3N6O5. The molecular weight excluding hydrogens is 509 g/mol. The van der Waals surface area contributed by atoms with E-state index in [1.807, 2.05) is 0 Å². The predicted octanol–water partition coefficient (Wildman–Crippen LogP) is 2.75. The van der Waals surface area contributed by atoms with Crippen molar-refractivity contribution in [1.82, 2.24) is 25.6 Å². The molecule has 1 aliphatic carbocycles. The number of ether oxygens (including phenoxy) is 2. The van der Waals surface area contributed by atoms with Crippen molar-refractivity contribution >= 4 is 29.0 Å². The Bertz CT molecular complexity index is 1450. The van der Waals surface area contributed by atoms with E-state index < -0.39 is 24.0 Å². The van der Waals surface area contributed by atoms with Crippen molar-refractivity contribution in [2.45, 2.75) is 13.0 Å². The summed E-state index contributed by atoms with van der Waals surface area (Å²) in [4.78, 5) is 38.2. The van der Waals surface area contributed by atoms with Gasteiger partial charge < -0.3 is 19.7 Å². The largest absolute Gasteiger partial charge is 0.575 e. The Labute approximate surface area is 212 Å². The first-order valence-corrected chi connectivity index (χ1v) is 11.5. The summed E-state index contributed by atoms with van der Waals surface area (Å²) in [5.41, 5.74) is 1.32. The number of alkyl halides is 3. The van der Waals surface area contributed by atoms with E-state index in [9.17, 15) is 27.6 Å². The van der Waals surface area contributed by atoms with Crippen LogP contribution in [0.4, 0.5) is 18.0 Å². The number of halogens is 3. The Kier molecular flexibility index (Phi) is 6.35. The van der Waals surface area contributed by atoms with E-state index in [4.69, 9.17) is 10.00 Å². The maximum atomic E-state index is 12.5. The molecule has 196 valence electrons. The maximum Gasteiger partial charge on any atom is 0.575 e. The Balaban J connectivity index is 1.09. The van der Waals surface area contributed by atoms with Crippen LogP contribution < -0.4 is 5.32 Å². The first-order chi connectivity index (χ1) is 18.1. The minimum absolute atomic E-state index is 0.0825. The van der Waals surface area contributed by atoms with E-state index in [0.29, 0.717) is 36.2 Å². The van der Waals surface area contributed by atoms with Gasteiger partial charge in [0.1, 0.15) is 17.6 Å². The molecule has 2 N–H and O–H groups in total. The number of benzene rings is 2. The zero-order chi connectivity index (χ0) is 27.0. The second-order valence-electron chi connectivity index (χ2n) is 9.05. The van der Waals surface area contributed by atoms with Gasteiger partial charge in [-0.05, 0) is 59.7 Å².